The number of ether oxygens (including phenoxy) is 1. The number of alkyl halides is 1. The van der Waals surface area contributed by atoms with Crippen molar-refractivity contribution in [1.82, 2.24) is 14.1 Å². The number of rotatable bonds is 6. The van der Waals surface area contributed by atoms with Crippen LogP contribution in [-0.2, 0) is 21.8 Å². The van der Waals surface area contributed by atoms with Crippen molar-refractivity contribution < 1.29 is 13.2 Å². The van der Waals surface area contributed by atoms with Gasteiger partial charge < -0.3 is 4.74 Å². The second kappa shape index (κ2) is 5.94. The fourth-order valence-corrected chi connectivity index (χ4v) is 3.58. The van der Waals surface area contributed by atoms with Crippen LogP contribution in [0, 0.1) is 0 Å². The molecule has 0 aliphatic rings. The fraction of sp³-hybridized carbons (Fsp3) is 0.667. The van der Waals surface area contributed by atoms with Crippen molar-refractivity contribution in [3.8, 4) is 0 Å². The van der Waals surface area contributed by atoms with Crippen LogP contribution in [0.3, 0.4) is 0 Å². The first-order valence-electron chi connectivity index (χ1n) is 4.97. The average molecular weight is 326 g/mol. The molecule has 1 unspecified atom stereocenters. The maximum Gasteiger partial charge on any atom is 0.259 e. The van der Waals surface area contributed by atoms with Gasteiger partial charge in [0.25, 0.3) is 10.0 Å². The fourth-order valence-electron chi connectivity index (χ4n) is 1.39. The van der Waals surface area contributed by atoms with Crippen molar-refractivity contribution in [3.63, 3.8) is 0 Å². The maximum atomic E-state index is 12.2. The molecule has 0 bridgehead atoms. The van der Waals surface area contributed by atoms with Crippen LogP contribution >= 0.6 is 15.9 Å². The van der Waals surface area contributed by atoms with Gasteiger partial charge in [0, 0.05) is 27.7 Å². The molecule has 0 aromatic carbocycles. The quantitative estimate of drug-likeness (QED) is 0.712. The molecule has 0 N–H and O–H groups in total. The lowest BCUT2D eigenvalue weighted by atomic mass is 10.4. The van der Waals surface area contributed by atoms with Crippen LogP contribution in [0.15, 0.2) is 17.3 Å². The molecule has 0 saturated carbocycles. The number of aryl methyl sites for hydroxylation is 1. The molecule has 0 fully saturated rings. The molecule has 1 aromatic rings. The maximum absolute atomic E-state index is 12.2. The molecule has 0 aliphatic carbocycles. The first-order valence-corrected chi connectivity index (χ1v) is 7.32. The number of sulfonamides is 1. The number of hydrogen-bond donors (Lipinski definition) is 0. The van der Waals surface area contributed by atoms with E-state index in [2.05, 4.69) is 21.0 Å². The molecule has 1 rings (SSSR count). The highest BCUT2D eigenvalue weighted by molar-refractivity contribution is 9.09. The Kier molecular flexibility index (Phi) is 5.11. The van der Waals surface area contributed by atoms with Gasteiger partial charge in [0.2, 0.25) is 0 Å². The van der Waals surface area contributed by atoms with E-state index in [0.29, 0.717) is 13.2 Å². The van der Waals surface area contributed by atoms with E-state index in [1.54, 1.807) is 14.2 Å². The molecule has 1 atom stereocenters. The van der Waals surface area contributed by atoms with Crippen LogP contribution in [0.2, 0.25) is 0 Å². The van der Waals surface area contributed by atoms with Gasteiger partial charge in [-0.15, -0.1) is 0 Å². The smallest absolute Gasteiger partial charge is 0.259 e. The third kappa shape index (κ3) is 3.51. The van der Waals surface area contributed by atoms with Gasteiger partial charge in [0.15, 0.2) is 5.03 Å². The summed E-state index contributed by atoms with van der Waals surface area (Å²) < 4.78 is 31.9. The van der Waals surface area contributed by atoms with E-state index >= 15 is 0 Å². The summed E-state index contributed by atoms with van der Waals surface area (Å²) in [5.74, 6) is 0. The second-order valence-electron chi connectivity index (χ2n) is 3.63. The highest BCUT2D eigenvalue weighted by Crippen LogP contribution is 2.14. The van der Waals surface area contributed by atoms with E-state index in [1.807, 2.05) is 0 Å². The summed E-state index contributed by atoms with van der Waals surface area (Å²) in [7, 11) is 1.21. The van der Waals surface area contributed by atoms with Crippen molar-refractivity contribution in [2.75, 3.05) is 27.3 Å². The predicted molar refractivity (Wildman–Crippen MR) is 67.6 cm³/mol. The van der Waals surface area contributed by atoms with E-state index in [1.165, 1.54) is 28.3 Å². The molecular formula is C9H16BrN3O3S. The molecule has 6 nitrogen and oxygen atoms in total. The van der Waals surface area contributed by atoms with E-state index in [-0.39, 0.29) is 9.85 Å². The molecule has 0 amide bonds. The Morgan fingerprint density at radius 2 is 2.29 bits per heavy atom. The van der Waals surface area contributed by atoms with Gasteiger partial charge in [-0.25, -0.2) is 8.42 Å². The number of nitrogens with zero attached hydrogens (tertiary/aromatic N) is 3. The van der Waals surface area contributed by atoms with Crippen LogP contribution in [0.5, 0.6) is 0 Å². The van der Waals surface area contributed by atoms with E-state index in [4.69, 9.17) is 4.74 Å². The van der Waals surface area contributed by atoms with Crippen molar-refractivity contribution in [2.45, 2.75) is 9.85 Å². The molecular weight excluding hydrogens is 310 g/mol. The second-order valence-corrected chi connectivity index (χ2v) is 6.92. The minimum atomic E-state index is -3.49. The molecule has 98 valence electrons. The van der Waals surface area contributed by atoms with Gasteiger partial charge in [-0.05, 0) is 6.07 Å². The zero-order valence-electron chi connectivity index (χ0n) is 10.00. The summed E-state index contributed by atoms with van der Waals surface area (Å²) in [6.07, 6.45) is 1.46. The summed E-state index contributed by atoms with van der Waals surface area (Å²) in [5, 5.41) is 4.03. The van der Waals surface area contributed by atoms with Crippen molar-refractivity contribution in [1.29, 1.82) is 0 Å². The Balaban J connectivity index is 2.81. The third-order valence-electron chi connectivity index (χ3n) is 2.25. The minimum absolute atomic E-state index is 0.0412. The van der Waals surface area contributed by atoms with Crippen LogP contribution in [-0.4, -0.2) is 54.6 Å². The molecule has 0 saturated heterocycles. The standard InChI is InChI=1S/C9H16BrN3O3S/c1-12(6-8(10)7-16-3)17(14,15)9-4-5-11-13(9)2/h4-5,8H,6-7H2,1-3H3. The molecule has 0 spiro atoms. The summed E-state index contributed by atoms with van der Waals surface area (Å²) in [6, 6.07) is 1.48. The zero-order chi connectivity index (χ0) is 13.1. The highest BCUT2D eigenvalue weighted by atomic mass is 79.9. The molecule has 8 heteroatoms. The zero-order valence-corrected chi connectivity index (χ0v) is 12.4. The van der Waals surface area contributed by atoms with Gasteiger partial charge in [-0.2, -0.15) is 9.40 Å². The SMILES string of the molecule is COCC(Br)CN(C)S(=O)(=O)c1ccnn1C. The largest absolute Gasteiger partial charge is 0.383 e. The number of halogens is 1. The summed E-state index contributed by atoms with van der Waals surface area (Å²) in [5.41, 5.74) is 0. The summed E-state index contributed by atoms with van der Waals surface area (Å²) >= 11 is 3.36. The van der Waals surface area contributed by atoms with Crippen LogP contribution in [0.25, 0.3) is 0 Å². The molecule has 17 heavy (non-hydrogen) atoms. The Hall–Kier alpha value is -0.440. The Labute approximate surface area is 110 Å². The van der Waals surface area contributed by atoms with Gasteiger partial charge >= 0.3 is 0 Å². The van der Waals surface area contributed by atoms with Gasteiger partial charge in [-0.1, -0.05) is 15.9 Å². The van der Waals surface area contributed by atoms with E-state index in [0.717, 1.165) is 0 Å². The van der Waals surface area contributed by atoms with Gasteiger partial charge in [-0.3, -0.25) is 4.68 Å². The third-order valence-corrected chi connectivity index (χ3v) is 4.71. The van der Waals surface area contributed by atoms with Crippen molar-refractivity contribution in [3.05, 3.63) is 12.3 Å². The van der Waals surface area contributed by atoms with Crippen molar-refractivity contribution >= 4 is 26.0 Å². The van der Waals surface area contributed by atoms with Crippen LogP contribution in [0.1, 0.15) is 0 Å². The number of hydrogen-bond acceptors (Lipinski definition) is 4. The Morgan fingerprint density at radius 3 is 2.76 bits per heavy atom. The minimum Gasteiger partial charge on any atom is -0.383 e. The topological polar surface area (TPSA) is 64.4 Å². The van der Waals surface area contributed by atoms with Gasteiger partial charge in [0.05, 0.1) is 17.6 Å². The van der Waals surface area contributed by atoms with E-state index in [9.17, 15) is 8.42 Å². The Morgan fingerprint density at radius 1 is 1.65 bits per heavy atom. The molecule has 0 aliphatic heterocycles. The Bertz CT molecular complexity index is 460. The average Bonchev–Trinajstić information content (AvgIpc) is 2.65. The van der Waals surface area contributed by atoms with E-state index < -0.39 is 10.0 Å². The van der Waals surface area contributed by atoms with Crippen LogP contribution < -0.4 is 0 Å². The first-order chi connectivity index (χ1) is 7.89. The summed E-state index contributed by atoms with van der Waals surface area (Å²) in [6.45, 7) is 0.784. The highest BCUT2D eigenvalue weighted by Gasteiger charge is 2.25. The lowest BCUT2D eigenvalue weighted by Gasteiger charge is -2.19. The lowest BCUT2D eigenvalue weighted by molar-refractivity contribution is 0.195. The first kappa shape index (κ1) is 14.6. The number of methoxy groups -OCH3 is 1. The monoisotopic (exact) mass is 325 g/mol. The summed E-state index contributed by atoms with van der Waals surface area (Å²) in [4.78, 5) is -0.0412. The predicted octanol–water partition coefficient (Wildman–Crippen LogP) is 0.450. The molecule has 1 aromatic heterocycles. The van der Waals surface area contributed by atoms with Crippen LogP contribution in [0.4, 0.5) is 0 Å². The number of aromatic nitrogens is 2. The van der Waals surface area contributed by atoms with Crippen molar-refractivity contribution in [2.24, 2.45) is 7.05 Å². The molecule has 1 heterocycles. The lowest BCUT2D eigenvalue weighted by Crippen LogP contribution is -2.34. The van der Waals surface area contributed by atoms with Gasteiger partial charge in [0.1, 0.15) is 0 Å². The normalized spacial score (nSPS) is 14.2. The molecule has 0 radical (unpaired) electrons.